The molecule has 0 bridgehead atoms. The van der Waals surface area contributed by atoms with E-state index in [1.807, 2.05) is 11.8 Å². The molecule has 1 spiro atoms. The highest BCUT2D eigenvalue weighted by molar-refractivity contribution is 7.99. The van der Waals surface area contributed by atoms with Crippen LogP contribution in [0.5, 0.6) is 0 Å². The summed E-state index contributed by atoms with van der Waals surface area (Å²) >= 11 is 1.90. The van der Waals surface area contributed by atoms with E-state index in [0.717, 1.165) is 31.7 Å². The molecule has 1 aliphatic carbocycles. The highest BCUT2D eigenvalue weighted by Crippen LogP contribution is 2.52. The van der Waals surface area contributed by atoms with Crippen LogP contribution in [0.2, 0.25) is 0 Å². The summed E-state index contributed by atoms with van der Waals surface area (Å²) in [5.74, 6) is -0.673. The Morgan fingerprint density at radius 2 is 2.24 bits per heavy atom. The van der Waals surface area contributed by atoms with Gasteiger partial charge in [-0.05, 0) is 25.0 Å². The van der Waals surface area contributed by atoms with Crippen LogP contribution in [-0.2, 0) is 4.74 Å². The lowest BCUT2D eigenvalue weighted by molar-refractivity contribution is -0.0921. The van der Waals surface area contributed by atoms with E-state index in [4.69, 9.17) is 4.74 Å². The molecule has 2 saturated heterocycles. The van der Waals surface area contributed by atoms with E-state index in [1.165, 1.54) is 5.75 Å². The molecular weight excluding hydrogens is 244 g/mol. The van der Waals surface area contributed by atoms with Crippen LogP contribution in [0.3, 0.4) is 0 Å². The van der Waals surface area contributed by atoms with Crippen molar-refractivity contribution >= 4 is 11.8 Å². The van der Waals surface area contributed by atoms with Gasteiger partial charge in [0.25, 0.3) is 5.92 Å². The Morgan fingerprint density at radius 3 is 2.88 bits per heavy atom. The first-order chi connectivity index (χ1) is 8.12. The molecule has 2 nitrogen and oxygen atoms in total. The van der Waals surface area contributed by atoms with E-state index < -0.39 is 11.8 Å². The number of hydrogen-bond donors (Lipinski definition) is 1. The standard InChI is InChI=1S/C12H19F2NOS/c13-12(14)7-9(12)6-10-11(16-4-3-15-10)2-1-5-17-8-11/h9-10,15H,1-8H2. The van der Waals surface area contributed by atoms with Crippen molar-refractivity contribution in [2.45, 2.75) is 43.2 Å². The van der Waals surface area contributed by atoms with Crippen molar-refractivity contribution in [1.29, 1.82) is 0 Å². The summed E-state index contributed by atoms with van der Waals surface area (Å²) in [5, 5.41) is 3.42. The van der Waals surface area contributed by atoms with Crippen molar-refractivity contribution < 1.29 is 13.5 Å². The maximum absolute atomic E-state index is 13.0. The molecule has 3 unspecified atom stereocenters. The quantitative estimate of drug-likeness (QED) is 0.826. The zero-order valence-electron chi connectivity index (χ0n) is 9.88. The lowest BCUT2D eigenvalue weighted by Gasteiger charge is -2.46. The summed E-state index contributed by atoms with van der Waals surface area (Å²) in [6, 6.07) is 0.127. The molecule has 5 heteroatoms. The Labute approximate surface area is 105 Å². The average molecular weight is 263 g/mol. The molecule has 98 valence electrons. The Balaban J connectivity index is 1.67. The molecule has 0 amide bonds. The summed E-state index contributed by atoms with van der Waals surface area (Å²) in [4.78, 5) is 0. The second kappa shape index (κ2) is 4.35. The fourth-order valence-corrected chi connectivity index (χ4v) is 4.33. The lowest BCUT2D eigenvalue weighted by atomic mass is 9.86. The summed E-state index contributed by atoms with van der Waals surface area (Å²) in [6.07, 6.45) is 2.82. The van der Waals surface area contributed by atoms with E-state index >= 15 is 0 Å². The van der Waals surface area contributed by atoms with Gasteiger partial charge in [-0.15, -0.1) is 0 Å². The molecule has 1 saturated carbocycles. The van der Waals surface area contributed by atoms with Crippen LogP contribution in [0.1, 0.15) is 25.7 Å². The Hall–Kier alpha value is 0.130. The molecule has 3 fully saturated rings. The number of morpholine rings is 1. The van der Waals surface area contributed by atoms with Crippen molar-refractivity contribution in [2.24, 2.45) is 5.92 Å². The number of nitrogens with one attached hydrogen (secondary N) is 1. The lowest BCUT2D eigenvalue weighted by Crippen LogP contribution is -2.60. The number of thioether (sulfide) groups is 1. The summed E-state index contributed by atoms with van der Waals surface area (Å²) < 4.78 is 32.1. The molecule has 3 rings (SSSR count). The van der Waals surface area contributed by atoms with E-state index in [2.05, 4.69) is 5.32 Å². The number of hydrogen-bond acceptors (Lipinski definition) is 3. The third kappa shape index (κ3) is 2.34. The third-order valence-corrected chi connectivity index (χ3v) is 5.50. The van der Waals surface area contributed by atoms with Crippen molar-refractivity contribution in [3.8, 4) is 0 Å². The predicted octanol–water partition coefficient (Wildman–Crippen LogP) is 2.29. The number of ether oxygens (including phenoxy) is 1. The van der Waals surface area contributed by atoms with E-state index in [-0.39, 0.29) is 18.1 Å². The van der Waals surface area contributed by atoms with Gasteiger partial charge in [-0.1, -0.05) is 0 Å². The maximum atomic E-state index is 13.0. The van der Waals surface area contributed by atoms with Crippen molar-refractivity contribution in [3.05, 3.63) is 0 Å². The van der Waals surface area contributed by atoms with Gasteiger partial charge in [-0.2, -0.15) is 11.8 Å². The van der Waals surface area contributed by atoms with Gasteiger partial charge in [0.1, 0.15) is 0 Å². The minimum absolute atomic E-state index is 0.0778. The monoisotopic (exact) mass is 263 g/mol. The first kappa shape index (κ1) is 12.2. The topological polar surface area (TPSA) is 21.3 Å². The summed E-state index contributed by atoms with van der Waals surface area (Å²) in [6.45, 7) is 1.52. The Morgan fingerprint density at radius 1 is 1.41 bits per heavy atom. The van der Waals surface area contributed by atoms with Gasteiger partial charge < -0.3 is 10.1 Å². The van der Waals surface area contributed by atoms with Crippen LogP contribution in [-0.4, -0.2) is 42.2 Å². The van der Waals surface area contributed by atoms with Crippen LogP contribution < -0.4 is 5.32 Å². The van der Waals surface area contributed by atoms with Gasteiger partial charge in [0, 0.05) is 30.7 Å². The van der Waals surface area contributed by atoms with E-state index in [9.17, 15) is 8.78 Å². The number of rotatable bonds is 2. The molecule has 2 aliphatic heterocycles. The summed E-state index contributed by atoms with van der Waals surface area (Å²) in [5.41, 5.74) is -0.167. The minimum Gasteiger partial charge on any atom is -0.371 e. The highest BCUT2D eigenvalue weighted by Gasteiger charge is 2.59. The largest absolute Gasteiger partial charge is 0.371 e. The van der Waals surface area contributed by atoms with Gasteiger partial charge >= 0.3 is 0 Å². The second-order valence-electron chi connectivity index (χ2n) is 5.47. The van der Waals surface area contributed by atoms with Crippen LogP contribution >= 0.6 is 11.8 Å². The molecule has 1 N–H and O–H groups in total. The second-order valence-corrected chi connectivity index (χ2v) is 6.58. The van der Waals surface area contributed by atoms with Gasteiger partial charge in [-0.25, -0.2) is 8.78 Å². The van der Waals surface area contributed by atoms with Gasteiger partial charge in [0.2, 0.25) is 0 Å². The van der Waals surface area contributed by atoms with Crippen LogP contribution in [0, 0.1) is 5.92 Å². The zero-order chi connectivity index (χ0) is 11.9. The average Bonchev–Trinajstić information content (AvgIpc) is 2.91. The molecule has 17 heavy (non-hydrogen) atoms. The Bertz CT molecular complexity index is 286. The van der Waals surface area contributed by atoms with Crippen molar-refractivity contribution in [2.75, 3.05) is 24.7 Å². The zero-order valence-corrected chi connectivity index (χ0v) is 10.7. The van der Waals surface area contributed by atoms with E-state index in [1.54, 1.807) is 0 Å². The molecule has 0 aromatic carbocycles. The molecular formula is C12H19F2NOS. The van der Waals surface area contributed by atoms with Crippen molar-refractivity contribution in [1.82, 2.24) is 5.32 Å². The fourth-order valence-electron chi connectivity index (χ4n) is 3.06. The number of halogens is 2. The van der Waals surface area contributed by atoms with Gasteiger partial charge in [0.15, 0.2) is 0 Å². The molecule has 3 aliphatic rings. The first-order valence-corrected chi connectivity index (χ1v) is 7.61. The minimum atomic E-state index is -2.40. The van der Waals surface area contributed by atoms with Crippen LogP contribution in [0.15, 0.2) is 0 Å². The first-order valence-electron chi connectivity index (χ1n) is 6.45. The van der Waals surface area contributed by atoms with Crippen molar-refractivity contribution in [3.63, 3.8) is 0 Å². The smallest absolute Gasteiger partial charge is 0.251 e. The highest BCUT2D eigenvalue weighted by atomic mass is 32.2. The molecule has 0 radical (unpaired) electrons. The molecule has 3 atom stereocenters. The van der Waals surface area contributed by atoms with Crippen LogP contribution in [0.25, 0.3) is 0 Å². The third-order valence-electron chi connectivity index (χ3n) is 4.23. The van der Waals surface area contributed by atoms with E-state index in [0.29, 0.717) is 6.42 Å². The van der Waals surface area contributed by atoms with Crippen LogP contribution in [0.4, 0.5) is 8.78 Å². The van der Waals surface area contributed by atoms with Gasteiger partial charge in [0.05, 0.1) is 12.2 Å². The molecule has 0 aromatic rings. The normalized spacial score (nSPS) is 44.8. The summed E-state index contributed by atoms with van der Waals surface area (Å²) in [7, 11) is 0. The maximum Gasteiger partial charge on any atom is 0.251 e. The predicted molar refractivity (Wildman–Crippen MR) is 64.7 cm³/mol. The number of alkyl halides is 2. The molecule has 2 heterocycles. The SMILES string of the molecule is FC1(F)CC1CC1NCCOC12CCCSC2. The molecule has 0 aromatic heterocycles. The fraction of sp³-hybridized carbons (Fsp3) is 1.00. The Kier molecular flexibility index (Phi) is 3.12. The van der Waals surface area contributed by atoms with Gasteiger partial charge in [-0.3, -0.25) is 0 Å².